The van der Waals surface area contributed by atoms with E-state index >= 15 is 0 Å². The number of nitrogens with one attached hydrogen (secondary N) is 2. The summed E-state index contributed by atoms with van der Waals surface area (Å²) >= 11 is 0. The summed E-state index contributed by atoms with van der Waals surface area (Å²) in [4.78, 5) is 3.88. The van der Waals surface area contributed by atoms with Gasteiger partial charge in [0.2, 0.25) is 0 Å². The molecule has 0 saturated carbocycles. The van der Waals surface area contributed by atoms with Crippen LogP contribution in [0.5, 0.6) is 0 Å². The van der Waals surface area contributed by atoms with Crippen molar-refractivity contribution in [3.8, 4) is 0 Å². The maximum absolute atomic E-state index is 3.88. The normalized spacial score (nSPS) is 25.9. The lowest BCUT2D eigenvalue weighted by molar-refractivity contribution is 0.515. The lowest BCUT2D eigenvalue weighted by atomic mass is 10.5. The van der Waals surface area contributed by atoms with Crippen molar-refractivity contribution in [2.45, 2.75) is 13.1 Å². The molecule has 48 valence electrons. The Morgan fingerprint density at radius 2 is 2.50 bits per heavy atom. The molecule has 0 amide bonds. The average Bonchev–Trinajstić information content (AvgIpc) is 1.69. The van der Waals surface area contributed by atoms with Gasteiger partial charge < -0.3 is 5.32 Å². The fourth-order valence-corrected chi connectivity index (χ4v) is 0.459. The molecule has 0 fully saturated rings. The third kappa shape index (κ3) is 2.14. The summed E-state index contributed by atoms with van der Waals surface area (Å²) in [5, 5.41) is 6.05. The first-order chi connectivity index (χ1) is 3.39. The predicted molar refractivity (Wildman–Crippen MR) is 36.3 cm³/mol. The maximum Gasteiger partial charge on any atom is 0.0917 e. The van der Waals surface area contributed by atoms with E-state index in [0.29, 0.717) is 6.17 Å². The van der Waals surface area contributed by atoms with Crippen molar-refractivity contribution in [2.24, 2.45) is 4.99 Å². The Labute approximate surface area is 55.0 Å². The van der Waals surface area contributed by atoms with E-state index in [2.05, 4.69) is 15.6 Å². The van der Waals surface area contributed by atoms with E-state index in [1.54, 1.807) is 6.34 Å². The smallest absolute Gasteiger partial charge is 0.0917 e. The first-order valence-corrected chi connectivity index (χ1v) is 2.37. The average molecular weight is 136 g/mol. The van der Waals surface area contributed by atoms with E-state index in [-0.39, 0.29) is 12.4 Å². The first-order valence-electron chi connectivity index (χ1n) is 2.37. The monoisotopic (exact) mass is 135 g/mol. The molecule has 2 N–H and O–H groups in total. The fourth-order valence-electron chi connectivity index (χ4n) is 0.459. The Kier molecular flexibility index (Phi) is 3.56. The highest BCUT2D eigenvalue weighted by Gasteiger charge is 1.96. The van der Waals surface area contributed by atoms with Gasteiger partial charge in [0, 0.05) is 0 Å². The van der Waals surface area contributed by atoms with Crippen LogP contribution in [0.3, 0.4) is 0 Å². The van der Waals surface area contributed by atoms with E-state index in [4.69, 9.17) is 0 Å². The highest BCUT2D eigenvalue weighted by Crippen LogP contribution is 1.76. The zero-order valence-corrected chi connectivity index (χ0v) is 5.53. The van der Waals surface area contributed by atoms with Gasteiger partial charge in [0.15, 0.2) is 0 Å². The molecule has 0 spiro atoms. The van der Waals surface area contributed by atoms with Crippen LogP contribution in [-0.2, 0) is 0 Å². The fraction of sp³-hybridized carbons (Fsp3) is 0.750. The van der Waals surface area contributed by atoms with E-state index in [9.17, 15) is 0 Å². The summed E-state index contributed by atoms with van der Waals surface area (Å²) < 4.78 is 0. The Balaban J connectivity index is 0.000000490. The molecule has 1 atom stereocenters. The number of halogens is 1. The summed E-state index contributed by atoms with van der Waals surface area (Å²) in [5.74, 6) is 0. The van der Waals surface area contributed by atoms with Gasteiger partial charge in [-0.15, -0.1) is 12.4 Å². The van der Waals surface area contributed by atoms with Crippen molar-refractivity contribution in [3.63, 3.8) is 0 Å². The highest BCUT2D eigenvalue weighted by molar-refractivity contribution is 5.85. The number of hydrogen-bond acceptors (Lipinski definition) is 3. The molecule has 1 aliphatic heterocycles. The van der Waals surface area contributed by atoms with Gasteiger partial charge in [-0.05, 0) is 6.92 Å². The minimum atomic E-state index is 0. The second-order valence-electron chi connectivity index (χ2n) is 1.56. The summed E-state index contributed by atoms with van der Waals surface area (Å²) in [7, 11) is 0. The van der Waals surface area contributed by atoms with Gasteiger partial charge in [0.1, 0.15) is 0 Å². The van der Waals surface area contributed by atoms with Crippen molar-refractivity contribution in [2.75, 3.05) is 6.67 Å². The SMILES string of the molecule is CC1NC=NCN1.Cl. The topological polar surface area (TPSA) is 36.4 Å². The Morgan fingerprint density at radius 1 is 1.75 bits per heavy atom. The molecule has 0 saturated heterocycles. The molecule has 1 heterocycles. The van der Waals surface area contributed by atoms with E-state index < -0.39 is 0 Å². The molecule has 0 radical (unpaired) electrons. The molecular weight excluding hydrogens is 126 g/mol. The van der Waals surface area contributed by atoms with Crippen LogP contribution in [0.25, 0.3) is 0 Å². The van der Waals surface area contributed by atoms with Crippen LogP contribution in [-0.4, -0.2) is 19.2 Å². The molecule has 8 heavy (non-hydrogen) atoms. The van der Waals surface area contributed by atoms with E-state index in [1.165, 1.54) is 0 Å². The first kappa shape index (κ1) is 7.72. The van der Waals surface area contributed by atoms with Gasteiger partial charge in [-0.3, -0.25) is 10.3 Å². The number of aliphatic imine (C=N–C) groups is 1. The second kappa shape index (κ2) is 3.69. The van der Waals surface area contributed by atoms with Crippen molar-refractivity contribution in [3.05, 3.63) is 0 Å². The number of rotatable bonds is 0. The van der Waals surface area contributed by atoms with Crippen molar-refractivity contribution in [1.82, 2.24) is 10.6 Å². The molecule has 0 aromatic carbocycles. The molecule has 0 aromatic heterocycles. The third-order valence-corrected chi connectivity index (χ3v) is 0.905. The quantitative estimate of drug-likeness (QED) is 0.488. The molecule has 1 rings (SSSR count). The van der Waals surface area contributed by atoms with Crippen LogP contribution in [0.1, 0.15) is 6.92 Å². The van der Waals surface area contributed by atoms with Gasteiger partial charge >= 0.3 is 0 Å². The van der Waals surface area contributed by atoms with Crippen LogP contribution >= 0.6 is 12.4 Å². The molecule has 0 bridgehead atoms. The maximum atomic E-state index is 3.88. The molecule has 4 heteroatoms. The lowest BCUT2D eigenvalue weighted by Crippen LogP contribution is -2.42. The summed E-state index contributed by atoms with van der Waals surface area (Å²) in [6.07, 6.45) is 2.11. The van der Waals surface area contributed by atoms with Crippen LogP contribution in [0, 0.1) is 0 Å². The zero-order valence-electron chi connectivity index (χ0n) is 4.72. The minimum absolute atomic E-state index is 0. The predicted octanol–water partition coefficient (Wildman–Crippen LogP) is -0.0672. The van der Waals surface area contributed by atoms with Crippen LogP contribution in [0.2, 0.25) is 0 Å². The molecule has 0 aromatic rings. The summed E-state index contributed by atoms with van der Waals surface area (Å²) in [6.45, 7) is 2.79. The van der Waals surface area contributed by atoms with Gasteiger partial charge in [0.25, 0.3) is 0 Å². The number of nitrogens with zero attached hydrogens (tertiary/aromatic N) is 1. The van der Waals surface area contributed by atoms with E-state index in [0.717, 1.165) is 6.67 Å². The van der Waals surface area contributed by atoms with Gasteiger partial charge in [-0.1, -0.05) is 0 Å². The van der Waals surface area contributed by atoms with Gasteiger partial charge in [-0.25, -0.2) is 0 Å². The molecular formula is C4H10ClN3. The summed E-state index contributed by atoms with van der Waals surface area (Å²) in [6, 6.07) is 0. The van der Waals surface area contributed by atoms with Crippen LogP contribution in [0.15, 0.2) is 4.99 Å². The lowest BCUT2D eigenvalue weighted by Gasteiger charge is -2.15. The van der Waals surface area contributed by atoms with Crippen LogP contribution < -0.4 is 10.6 Å². The molecule has 0 aliphatic carbocycles. The Bertz CT molecular complexity index is 83.4. The van der Waals surface area contributed by atoms with Crippen LogP contribution in [0.4, 0.5) is 0 Å². The second-order valence-corrected chi connectivity index (χ2v) is 1.56. The van der Waals surface area contributed by atoms with Gasteiger partial charge in [-0.2, -0.15) is 0 Å². The summed E-state index contributed by atoms with van der Waals surface area (Å²) in [5.41, 5.74) is 0. The highest BCUT2D eigenvalue weighted by atomic mass is 35.5. The van der Waals surface area contributed by atoms with Crippen molar-refractivity contribution in [1.29, 1.82) is 0 Å². The molecule has 1 unspecified atom stereocenters. The third-order valence-electron chi connectivity index (χ3n) is 0.905. The molecule has 3 nitrogen and oxygen atoms in total. The van der Waals surface area contributed by atoms with E-state index in [1.807, 2.05) is 6.92 Å². The van der Waals surface area contributed by atoms with Crippen molar-refractivity contribution < 1.29 is 0 Å². The largest absolute Gasteiger partial charge is 0.361 e. The molecule has 1 aliphatic rings. The van der Waals surface area contributed by atoms with Crippen molar-refractivity contribution >= 4 is 18.7 Å². The van der Waals surface area contributed by atoms with Gasteiger partial charge in [0.05, 0.1) is 19.2 Å². The Hall–Kier alpha value is -0.280. The number of hydrogen-bond donors (Lipinski definition) is 2. The standard InChI is InChI=1S/C4H9N3.ClH/c1-4-6-2-5-3-7-4;/h2,4,7H,3H2,1H3,(H,5,6);1H. The Morgan fingerprint density at radius 3 is 2.75 bits per heavy atom. The zero-order chi connectivity index (χ0) is 5.11. The minimum Gasteiger partial charge on any atom is -0.361 e.